The molecule has 0 aliphatic rings. The third-order valence-electron chi connectivity index (χ3n) is 3.07. The summed E-state index contributed by atoms with van der Waals surface area (Å²) in [5.41, 5.74) is 2.98. The molecule has 1 atom stereocenters. The summed E-state index contributed by atoms with van der Waals surface area (Å²) in [6, 6.07) is 5.99. The standard InChI is InChI=1S/C15H22O2/c1-10-6-7-12(8-11(10)2)9-13(16)14(17)15(3,4)5/h6-8,14,17H,9H2,1-5H3. The van der Waals surface area contributed by atoms with Crippen molar-refractivity contribution in [2.45, 2.75) is 47.1 Å². The number of rotatable bonds is 3. The molecule has 1 aromatic rings. The van der Waals surface area contributed by atoms with E-state index < -0.39 is 11.5 Å². The Balaban J connectivity index is 2.78. The summed E-state index contributed by atoms with van der Waals surface area (Å²) in [5.74, 6) is -0.110. The van der Waals surface area contributed by atoms with Crippen molar-refractivity contribution in [1.82, 2.24) is 0 Å². The second-order valence-electron chi connectivity index (χ2n) is 5.83. The number of hydrogen-bond acceptors (Lipinski definition) is 2. The van der Waals surface area contributed by atoms with Crippen molar-refractivity contribution in [2.24, 2.45) is 5.41 Å². The van der Waals surface area contributed by atoms with Crippen LogP contribution in [0.5, 0.6) is 0 Å². The third kappa shape index (κ3) is 3.67. The second-order valence-corrected chi connectivity index (χ2v) is 5.83. The fourth-order valence-corrected chi connectivity index (χ4v) is 1.69. The number of carbonyl (C=O) groups is 1. The van der Waals surface area contributed by atoms with E-state index >= 15 is 0 Å². The number of aliphatic hydroxyl groups excluding tert-OH is 1. The number of ketones is 1. The highest BCUT2D eigenvalue weighted by Gasteiger charge is 2.28. The molecular formula is C15H22O2. The quantitative estimate of drug-likeness (QED) is 0.873. The van der Waals surface area contributed by atoms with Gasteiger partial charge in [-0.25, -0.2) is 0 Å². The van der Waals surface area contributed by atoms with Gasteiger partial charge in [0.1, 0.15) is 6.10 Å². The molecule has 0 saturated carbocycles. The maximum Gasteiger partial charge on any atom is 0.166 e. The summed E-state index contributed by atoms with van der Waals surface area (Å²) in [6.07, 6.45) is -0.594. The van der Waals surface area contributed by atoms with Crippen molar-refractivity contribution in [1.29, 1.82) is 0 Å². The zero-order valence-electron chi connectivity index (χ0n) is 11.4. The number of aliphatic hydroxyl groups is 1. The largest absolute Gasteiger partial charge is 0.385 e. The minimum absolute atomic E-state index is 0.110. The molecule has 17 heavy (non-hydrogen) atoms. The molecule has 2 heteroatoms. The number of hydrogen-bond donors (Lipinski definition) is 1. The van der Waals surface area contributed by atoms with Crippen LogP contribution in [0.25, 0.3) is 0 Å². The zero-order valence-corrected chi connectivity index (χ0v) is 11.4. The van der Waals surface area contributed by atoms with E-state index in [1.54, 1.807) is 0 Å². The monoisotopic (exact) mass is 234 g/mol. The van der Waals surface area contributed by atoms with E-state index in [0.29, 0.717) is 6.42 Å². The van der Waals surface area contributed by atoms with Crippen LogP contribution in [0.2, 0.25) is 0 Å². The Morgan fingerprint density at radius 2 is 1.82 bits per heavy atom. The van der Waals surface area contributed by atoms with Crippen molar-refractivity contribution in [3.8, 4) is 0 Å². The van der Waals surface area contributed by atoms with Gasteiger partial charge in [-0.15, -0.1) is 0 Å². The van der Waals surface area contributed by atoms with Gasteiger partial charge in [0.2, 0.25) is 0 Å². The lowest BCUT2D eigenvalue weighted by atomic mass is 9.85. The van der Waals surface area contributed by atoms with E-state index in [2.05, 4.69) is 0 Å². The van der Waals surface area contributed by atoms with Crippen LogP contribution in [0.4, 0.5) is 0 Å². The highest BCUT2D eigenvalue weighted by atomic mass is 16.3. The van der Waals surface area contributed by atoms with Crippen LogP contribution in [0.1, 0.15) is 37.5 Å². The molecule has 2 nitrogen and oxygen atoms in total. The van der Waals surface area contributed by atoms with Gasteiger partial charge >= 0.3 is 0 Å². The molecule has 1 unspecified atom stereocenters. The number of benzene rings is 1. The first-order chi connectivity index (χ1) is 7.71. The fourth-order valence-electron chi connectivity index (χ4n) is 1.69. The van der Waals surface area contributed by atoms with Crippen molar-refractivity contribution < 1.29 is 9.90 Å². The van der Waals surface area contributed by atoms with Gasteiger partial charge in [-0.1, -0.05) is 39.0 Å². The first-order valence-electron chi connectivity index (χ1n) is 5.98. The molecule has 0 aliphatic heterocycles. The Morgan fingerprint density at radius 1 is 1.24 bits per heavy atom. The van der Waals surface area contributed by atoms with Crippen molar-refractivity contribution >= 4 is 5.78 Å². The van der Waals surface area contributed by atoms with Crippen LogP contribution in [0, 0.1) is 19.3 Å². The maximum atomic E-state index is 11.9. The molecule has 0 fully saturated rings. The Hall–Kier alpha value is -1.15. The van der Waals surface area contributed by atoms with Gasteiger partial charge in [-0.2, -0.15) is 0 Å². The minimum atomic E-state index is -0.899. The van der Waals surface area contributed by atoms with Gasteiger partial charge in [-0.3, -0.25) is 4.79 Å². The SMILES string of the molecule is Cc1ccc(CC(=O)C(O)C(C)(C)C)cc1C. The molecular weight excluding hydrogens is 212 g/mol. The van der Waals surface area contributed by atoms with Gasteiger partial charge in [0, 0.05) is 6.42 Å². The second kappa shape index (κ2) is 5.01. The van der Waals surface area contributed by atoms with Crippen LogP contribution in [0.15, 0.2) is 18.2 Å². The van der Waals surface area contributed by atoms with Gasteiger partial charge in [0.25, 0.3) is 0 Å². The van der Waals surface area contributed by atoms with Crippen LogP contribution in [-0.2, 0) is 11.2 Å². The molecule has 0 aliphatic carbocycles. The molecule has 0 radical (unpaired) electrons. The van der Waals surface area contributed by atoms with Gasteiger partial charge < -0.3 is 5.11 Å². The molecule has 94 valence electrons. The summed E-state index contributed by atoms with van der Waals surface area (Å²) < 4.78 is 0. The smallest absolute Gasteiger partial charge is 0.166 e. The van der Waals surface area contributed by atoms with Crippen LogP contribution in [0.3, 0.4) is 0 Å². The summed E-state index contributed by atoms with van der Waals surface area (Å²) in [4.78, 5) is 11.9. The predicted octanol–water partition coefficient (Wildman–Crippen LogP) is 2.82. The molecule has 0 spiro atoms. The lowest BCUT2D eigenvalue weighted by Crippen LogP contribution is -2.35. The Bertz CT molecular complexity index is 413. The van der Waals surface area contributed by atoms with E-state index in [4.69, 9.17) is 0 Å². The van der Waals surface area contributed by atoms with E-state index in [1.807, 2.05) is 52.8 Å². The topological polar surface area (TPSA) is 37.3 Å². The average Bonchev–Trinajstić information content (AvgIpc) is 2.21. The molecule has 0 saturated heterocycles. The zero-order chi connectivity index (χ0) is 13.2. The normalized spacial score (nSPS) is 13.5. The molecule has 0 bridgehead atoms. The summed E-state index contributed by atoms with van der Waals surface area (Å²) in [7, 11) is 0. The summed E-state index contributed by atoms with van der Waals surface area (Å²) >= 11 is 0. The van der Waals surface area contributed by atoms with Crippen LogP contribution in [-0.4, -0.2) is 17.0 Å². The van der Waals surface area contributed by atoms with E-state index in [0.717, 1.165) is 5.56 Å². The van der Waals surface area contributed by atoms with Crippen molar-refractivity contribution in [2.75, 3.05) is 0 Å². The molecule has 1 N–H and O–H groups in total. The average molecular weight is 234 g/mol. The van der Waals surface area contributed by atoms with E-state index in [-0.39, 0.29) is 5.78 Å². The number of carbonyl (C=O) groups excluding carboxylic acids is 1. The van der Waals surface area contributed by atoms with Crippen molar-refractivity contribution in [3.63, 3.8) is 0 Å². The molecule has 0 heterocycles. The first kappa shape index (κ1) is 13.9. The predicted molar refractivity (Wildman–Crippen MR) is 70.1 cm³/mol. The molecule has 1 aromatic carbocycles. The van der Waals surface area contributed by atoms with E-state index in [9.17, 15) is 9.90 Å². The van der Waals surface area contributed by atoms with Gasteiger partial charge in [0.05, 0.1) is 0 Å². The Morgan fingerprint density at radius 3 is 2.29 bits per heavy atom. The number of Topliss-reactive ketones (excluding diaryl/α,β-unsaturated/α-hetero) is 1. The van der Waals surface area contributed by atoms with Gasteiger partial charge in [0.15, 0.2) is 5.78 Å². The van der Waals surface area contributed by atoms with Crippen LogP contribution >= 0.6 is 0 Å². The Labute approximate surface area is 104 Å². The van der Waals surface area contributed by atoms with Crippen LogP contribution < -0.4 is 0 Å². The lowest BCUT2D eigenvalue weighted by Gasteiger charge is -2.24. The van der Waals surface area contributed by atoms with Gasteiger partial charge in [-0.05, 0) is 36.0 Å². The molecule has 0 aromatic heterocycles. The minimum Gasteiger partial charge on any atom is -0.385 e. The first-order valence-corrected chi connectivity index (χ1v) is 5.98. The highest BCUT2D eigenvalue weighted by Crippen LogP contribution is 2.21. The fraction of sp³-hybridized carbons (Fsp3) is 0.533. The number of aryl methyl sites for hydroxylation is 2. The molecule has 1 rings (SSSR count). The highest BCUT2D eigenvalue weighted by molar-refractivity contribution is 5.85. The maximum absolute atomic E-state index is 11.9. The summed E-state index contributed by atoms with van der Waals surface area (Å²) in [6.45, 7) is 9.69. The Kier molecular flexibility index (Phi) is 4.10. The summed E-state index contributed by atoms with van der Waals surface area (Å²) in [5, 5.41) is 9.89. The van der Waals surface area contributed by atoms with Crippen molar-refractivity contribution in [3.05, 3.63) is 34.9 Å². The third-order valence-corrected chi connectivity index (χ3v) is 3.07. The van der Waals surface area contributed by atoms with E-state index in [1.165, 1.54) is 11.1 Å². The molecule has 0 amide bonds. The lowest BCUT2D eigenvalue weighted by molar-refractivity contribution is -0.131.